The molecule has 2 aromatic rings. The highest BCUT2D eigenvalue weighted by Gasteiger charge is 2.32. The van der Waals surface area contributed by atoms with Gasteiger partial charge in [0.1, 0.15) is 11.5 Å². The minimum absolute atomic E-state index is 0.152. The minimum Gasteiger partial charge on any atom is -0.478 e. The number of hydrogen-bond acceptors (Lipinski definition) is 6. The lowest BCUT2D eigenvalue weighted by Gasteiger charge is -2.14. The van der Waals surface area contributed by atoms with Crippen molar-refractivity contribution in [2.75, 3.05) is 19.7 Å². The molecule has 0 radical (unpaired) electrons. The van der Waals surface area contributed by atoms with E-state index in [1.807, 2.05) is 19.1 Å². The smallest absolute Gasteiger partial charge is 0.416 e. The van der Waals surface area contributed by atoms with Gasteiger partial charge < -0.3 is 14.8 Å². The van der Waals surface area contributed by atoms with E-state index in [1.54, 1.807) is 19.9 Å². The van der Waals surface area contributed by atoms with Gasteiger partial charge in [0.2, 0.25) is 11.8 Å². The molecule has 3 rings (SSSR count). The topological polar surface area (TPSA) is 104 Å². The number of aryl methyl sites for hydroxylation is 1. The number of aromatic nitrogens is 1. The number of benzene rings is 1. The Balaban J connectivity index is 1.69. The molecule has 35 heavy (non-hydrogen) atoms. The zero-order valence-corrected chi connectivity index (χ0v) is 19.7. The fourth-order valence-corrected chi connectivity index (χ4v) is 3.17. The van der Waals surface area contributed by atoms with Gasteiger partial charge in [-0.2, -0.15) is 18.2 Å². The van der Waals surface area contributed by atoms with E-state index in [1.165, 1.54) is 6.34 Å². The molecule has 0 saturated heterocycles. The largest absolute Gasteiger partial charge is 0.478 e. The van der Waals surface area contributed by atoms with Gasteiger partial charge in [0, 0.05) is 25.2 Å². The Kier molecular flexibility index (Phi) is 8.56. The van der Waals surface area contributed by atoms with E-state index in [0.717, 1.165) is 29.7 Å². The molecular weight excluding hydrogens is 461 g/mol. The van der Waals surface area contributed by atoms with E-state index in [4.69, 9.17) is 14.9 Å². The third-order valence-electron chi connectivity index (χ3n) is 4.86. The Morgan fingerprint density at radius 3 is 2.51 bits per heavy atom. The van der Waals surface area contributed by atoms with Crippen molar-refractivity contribution in [2.45, 2.75) is 39.8 Å². The molecule has 0 amide bonds. The highest BCUT2D eigenvalue weighted by molar-refractivity contribution is 6.69. The summed E-state index contributed by atoms with van der Waals surface area (Å²) in [5.41, 5.74) is 0.953. The molecule has 1 aliphatic heterocycles. The van der Waals surface area contributed by atoms with Gasteiger partial charge >= 0.3 is 6.18 Å². The van der Waals surface area contributed by atoms with Crippen molar-refractivity contribution in [2.24, 2.45) is 15.0 Å². The molecule has 0 fully saturated rings. The summed E-state index contributed by atoms with van der Waals surface area (Å²) in [6.07, 6.45) is -1.62. The molecule has 2 N–H and O–H groups in total. The van der Waals surface area contributed by atoms with Crippen LogP contribution in [0.25, 0.3) is 0 Å². The number of amidine groups is 2. The van der Waals surface area contributed by atoms with Crippen molar-refractivity contribution in [3.63, 3.8) is 0 Å². The Morgan fingerprint density at radius 2 is 1.83 bits per heavy atom. The van der Waals surface area contributed by atoms with Crippen LogP contribution in [0.5, 0.6) is 17.5 Å². The molecule has 2 heterocycles. The average Bonchev–Trinajstić information content (AvgIpc) is 2.80. The van der Waals surface area contributed by atoms with Gasteiger partial charge in [0.25, 0.3) is 0 Å². The second-order valence-corrected chi connectivity index (χ2v) is 7.63. The predicted molar refractivity (Wildman–Crippen MR) is 130 cm³/mol. The molecule has 1 aromatic carbocycles. The first kappa shape index (κ1) is 25.9. The van der Waals surface area contributed by atoms with Crippen LogP contribution in [0.4, 0.5) is 13.2 Å². The van der Waals surface area contributed by atoms with Crippen molar-refractivity contribution in [1.29, 1.82) is 5.41 Å². The van der Waals surface area contributed by atoms with E-state index in [9.17, 15) is 13.2 Å². The maximum atomic E-state index is 13.2. The zero-order valence-electron chi connectivity index (χ0n) is 19.7. The van der Waals surface area contributed by atoms with Gasteiger partial charge in [-0.3, -0.25) is 15.4 Å². The maximum absolute atomic E-state index is 13.2. The van der Waals surface area contributed by atoms with E-state index in [-0.39, 0.29) is 24.1 Å². The summed E-state index contributed by atoms with van der Waals surface area (Å²) >= 11 is 0. The second-order valence-electron chi connectivity index (χ2n) is 7.63. The molecule has 0 spiro atoms. The van der Waals surface area contributed by atoms with E-state index < -0.39 is 11.7 Å². The molecule has 186 valence electrons. The lowest BCUT2D eigenvalue weighted by molar-refractivity contribution is -0.137. The number of halogens is 3. The number of aliphatic imine (C=N–C) groups is 3. The molecule has 0 unspecified atom stereocenters. The molecule has 1 aromatic heterocycles. The lowest BCUT2D eigenvalue weighted by Crippen LogP contribution is -2.39. The SMILES string of the molecule is CCCN=C1N=CNC(=NCCc2ccc(Oc3cc(C(F)(F)F)cc(OCC)n3)c(C)c2)C1=N. The third kappa shape index (κ3) is 7.11. The fourth-order valence-electron chi connectivity index (χ4n) is 3.17. The summed E-state index contributed by atoms with van der Waals surface area (Å²) in [6.45, 7) is 6.66. The number of pyridine rings is 1. The van der Waals surface area contributed by atoms with Crippen molar-refractivity contribution in [3.8, 4) is 17.5 Å². The normalized spacial score (nSPS) is 16.0. The summed E-state index contributed by atoms with van der Waals surface area (Å²) in [7, 11) is 0. The molecule has 8 nitrogen and oxygen atoms in total. The van der Waals surface area contributed by atoms with Gasteiger partial charge in [-0.05, 0) is 43.9 Å². The monoisotopic (exact) mass is 488 g/mol. The quantitative estimate of drug-likeness (QED) is 0.518. The summed E-state index contributed by atoms with van der Waals surface area (Å²) < 4.78 is 50.5. The molecule has 11 heteroatoms. The summed E-state index contributed by atoms with van der Waals surface area (Å²) in [5, 5.41) is 11.1. The van der Waals surface area contributed by atoms with Crippen LogP contribution in [0.3, 0.4) is 0 Å². The highest BCUT2D eigenvalue weighted by Crippen LogP contribution is 2.35. The van der Waals surface area contributed by atoms with Crippen LogP contribution in [-0.4, -0.2) is 48.4 Å². The lowest BCUT2D eigenvalue weighted by atomic mass is 10.1. The van der Waals surface area contributed by atoms with Crippen molar-refractivity contribution in [3.05, 3.63) is 47.0 Å². The number of hydrogen-bond donors (Lipinski definition) is 2. The number of nitrogens with one attached hydrogen (secondary N) is 2. The van der Waals surface area contributed by atoms with Crippen LogP contribution in [0.2, 0.25) is 0 Å². The minimum atomic E-state index is -4.55. The van der Waals surface area contributed by atoms with E-state index >= 15 is 0 Å². The van der Waals surface area contributed by atoms with Crippen LogP contribution in [0, 0.1) is 12.3 Å². The summed E-state index contributed by atoms with van der Waals surface area (Å²) in [5.74, 6) is 0.804. The first-order valence-electron chi connectivity index (χ1n) is 11.2. The number of rotatable bonds is 9. The number of alkyl halides is 3. The van der Waals surface area contributed by atoms with Crippen LogP contribution in [0.15, 0.2) is 45.3 Å². The molecule has 0 aliphatic carbocycles. The van der Waals surface area contributed by atoms with Crippen LogP contribution >= 0.6 is 0 Å². The standard InChI is InChI=1S/C24H27F3N6O2/c1-4-9-29-22-21(28)23(32-14-31-22)30-10-8-16-6-7-18(15(3)11-16)35-20-13-17(24(25,26)27)12-19(33-20)34-5-2/h6-7,11-14,28H,4-5,8-10H2,1-3H3,(H,29,30,31,32). The highest BCUT2D eigenvalue weighted by atomic mass is 19.4. The van der Waals surface area contributed by atoms with Gasteiger partial charge in [-0.15, -0.1) is 0 Å². The Bertz CT molecular complexity index is 1160. The van der Waals surface area contributed by atoms with Crippen LogP contribution in [0.1, 0.15) is 37.0 Å². The first-order chi connectivity index (χ1) is 16.7. The fraction of sp³-hybridized carbons (Fsp3) is 0.375. The number of nitrogens with zero attached hydrogens (tertiary/aromatic N) is 4. The third-order valence-corrected chi connectivity index (χ3v) is 4.86. The van der Waals surface area contributed by atoms with Gasteiger partial charge in [0.15, 0.2) is 11.7 Å². The number of ether oxygens (including phenoxy) is 2. The summed E-state index contributed by atoms with van der Waals surface area (Å²) in [4.78, 5) is 16.8. The van der Waals surface area contributed by atoms with Gasteiger partial charge in [0.05, 0.1) is 18.5 Å². The molecule has 0 bridgehead atoms. The van der Waals surface area contributed by atoms with Crippen molar-refractivity contribution < 1.29 is 22.6 Å². The summed E-state index contributed by atoms with van der Waals surface area (Å²) in [6, 6.07) is 7.07. The van der Waals surface area contributed by atoms with Crippen LogP contribution in [-0.2, 0) is 12.6 Å². The molecular formula is C24H27F3N6O2. The first-order valence-corrected chi connectivity index (χ1v) is 11.2. The second kappa shape index (κ2) is 11.6. The Morgan fingerprint density at radius 1 is 1.06 bits per heavy atom. The van der Waals surface area contributed by atoms with Crippen LogP contribution < -0.4 is 14.8 Å². The predicted octanol–water partition coefficient (Wildman–Crippen LogP) is 5.00. The van der Waals surface area contributed by atoms with Crippen molar-refractivity contribution >= 4 is 23.7 Å². The van der Waals surface area contributed by atoms with E-state index in [2.05, 4.69) is 25.3 Å². The molecule has 0 atom stereocenters. The van der Waals surface area contributed by atoms with Crippen molar-refractivity contribution in [1.82, 2.24) is 10.3 Å². The Hall–Kier alpha value is -3.76. The maximum Gasteiger partial charge on any atom is 0.416 e. The van der Waals surface area contributed by atoms with E-state index in [0.29, 0.717) is 36.9 Å². The zero-order chi connectivity index (χ0) is 25.4. The Labute approximate surface area is 201 Å². The van der Waals surface area contributed by atoms with Gasteiger partial charge in [-0.1, -0.05) is 19.1 Å². The molecule has 1 aliphatic rings. The molecule has 0 saturated carbocycles. The van der Waals surface area contributed by atoms with Gasteiger partial charge in [-0.25, -0.2) is 4.99 Å². The average molecular weight is 489 g/mol.